The van der Waals surface area contributed by atoms with Crippen molar-refractivity contribution in [1.82, 2.24) is 9.88 Å². The van der Waals surface area contributed by atoms with Gasteiger partial charge in [0, 0.05) is 18.7 Å². The highest BCUT2D eigenvalue weighted by atomic mass is 32.2. The molecule has 1 aliphatic carbocycles. The number of urea groups is 1. The molecule has 1 heterocycles. The van der Waals surface area contributed by atoms with E-state index in [0.29, 0.717) is 28.2 Å². The third-order valence-electron chi connectivity index (χ3n) is 5.42. The van der Waals surface area contributed by atoms with Gasteiger partial charge in [-0.25, -0.2) is 18.6 Å². The second-order valence-corrected chi connectivity index (χ2v) is 10.3. The van der Waals surface area contributed by atoms with Crippen molar-refractivity contribution in [3.8, 4) is 5.75 Å². The first-order valence-corrected chi connectivity index (χ1v) is 12.6. The van der Waals surface area contributed by atoms with Crippen LogP contribution in [-0.2, 0) is 4.79 Å². The lowest BCUT2D eigenvalue weighted by molar-refractivity contribution is -0.133. The predicted octanol–water partition coefficient (Wildman–Crippen LogP) is 5.48. The van der Waals surface area contributed by atoms with Crippen molar-refractivity contribution in [3.63, 3.8) is 0 Å². The van der Waals surface area contributed by atoms with Crippen LogP contribution in [0.15, 0.2) is 28.6 Å². The molecule has 180 valence electrons. The fraction of sp³-hybridized carbons (Fsp3) is 0.500. The number of hydrogen-bond donors (Lipinski definition) is 2. The summed E-state index contributed by atoms with van der Waals surface area (Å²) in [7, 11) is 0. The Kier molecular flexibility index (Phi) is 9.30. The third kappa shape index (κ3) is 7.85. The van der Waals surface area contributed by atoms with Gasteiger partial charge in [0.25, 0.3) is 0 Å². The van der Waals surface area contributed by atoms with Gasteiger partial charge in [-0.3, -0.25) is 10.1 Å². The molecule has 7 nitrogen and oxygen atoms in total. The fourth-order valence-electron chi connectivity index (χ4n) is 3.69. The van der Waals surface area contributed by atoms with Crippen molar-refractivity contribution < 1.29 is 28.2 Å². The number of carbonyl (C=O) groups is 2. The van der Waals surface area contributed by atoms with Gasteiger partial charge < -0.3 is 14.7 Å². The number of amides is 2. The number of aliphatic carboxylic acids is 1. The summed E-state index contributed by atoms with van der Waals surface area (Å²) in [5.41, 5.74) is 0. The first-order chi connectivity index (χ1) is 15.8. The standard InChI is InChI=1S/C22H27F2N3O4S2/c1-14-3-6-16(7-4-14)27(9-2-10-31-18-8-5-15(23)11-17(18)24)22(30)26-21-25-12-20(33-21)32-13-19(28)29/h5,8,11-12,14,16H,2-4,6-7,9-10,13H2,1H3,(H,28,29)(H,25,26,30). The molecule has 0 atom stereocenters. The molecule has 0 aliphatic heterocycles. The average Bonchev–Trinajstić information content (AvgIpc) is 3.21. The zero-order chi connectivity index (χ0) is 23.8. The van der Waals surface area contributed by atoms with E-state index < -0.39 is 17.6 Å². The molecule has 2 N–H and O–H groups in total. The van der Waals surface area contributed by atoms with Crippen molar-refractivity contribution in [2.45, 2.75) is 49.3 Å². The number of carboxylic acid groups (broad SMARTS) is 1. The molecule has 1 saturated carbocycles. The first kappa shape index (κ1) is 25.2. The van der Waals surface area contributed by atoms with Gasteiger partial charge in [0.05, 0.1) is 22.8 Å². The number of rotatable bonds is 10. The summed E-state index contributed by atoms with van der Waals surface area (Å²) >= 11 is 2.38. The van der Waals surface area contributed by atoms with Crippen molar-refractivity contribution in [1.29, 1.82) is 0 Å². The number of thiazole rings is 1. The van der Waals surface area contributed by atoms with Gasteiger partial charge in [0.1, 0.15) is 5.82 Å². The van der Waals surface area contributed by atoms with Crippen LogP contribution >= 0.6 is 23.1 Å². The Morgan fingerprint density at radius 1 is 1.30 bits per heavy atom. The monoisotopic (exact) mass is 499 g/mol. The summed E-state index contributed by atoms with van der Waals surface area (Å²) in [6.45, 7) is 2.81. The normalized spacial score (nSPS) is 18.0. The summed E-state index contributed by atoms with van der Waals surface area (Å²) in [5, 5.41) is 12.0. The van der Waals surface area contributed by atoms with Crippen LogP contribution < -0.4 is 10.1 Å². The summed E-state index contributed by atoms with van der Waals surface area (Å²) in [4.78, 5) is 29.8. The number of nitrogens with zero attached hydrogens (tertiary/aromatic N) is 2. The Balaban J connectivity index is 1.57. The second kappa shape index (κ2) is 12.2. The van der Waals surface area contributed by atoms with Crippen LogP contribution in [0.25, 0.3) is 0 Å². The van der Waals surface area contributed by atoms with Gasteiger partial charge in [0.2, 0.25) is 0 Å². The van der Waals surface area contributed by atoms with Gasteiger partial charge in [-0.15, -0.1) is 11.8 Å². The lowest BCUT2D eigenvalue weighted by atomic mass is 9.86. The zero-order valence-electron chi connectivity index (χ0n) is 18.3. The molecule has 3 rings (SSSR count). The van der Waals surface area contributed by atoms with E-state index in [0.717, 1.165) is 49.6 Å². The molecule has 2 amide bonds. The number of aromatic nitrogens is 1. The number of benzene rings is 1. The number of carboxylic acids is 1. The van der Waals surface area contributed by atoms with Crippen LogP contribution in [0.4, 0.5) is 18.7 Å². The van der Waals surface area contributed by atoms with Crippen molar-refractivity contribution >= 4 is 40.2 Å². The van der Waals surface area contributed by atoms with Crippen LogP contribution in [0.5, 0.6) is 5.75 Å². The molecule has 1 fully saturated rings. The topological polar surface area (TPSA) is 91.8 Å². The summed E-state index contributed by atoms with van der Waals surface area (Å²) in [6, 6.07) is 2.98. The number of hydrogen-bond acceptors (Lipinski definition) is 6. The number of ether oxygens (including phenoxy) is 1. The molecule has 0 unspecified atom stereocenters. The smallest absolute Gasteiger partial charge is 0.323 e. The van der Waals surface area contributed by atoms with Crippen LogP contribution in [0.3, 0.4) is 0 Å². The van der Waals surface area contributed by atoms with Crippen LogP contribution in [0, 0.1) is 17.6 Å². The Hall–Kier alpha value is -2.40. The van der Waals surface area contributed by atoms with E-state index in [1.54, 1.807) is 11.1 Å². The van der Waals surface area contributed by atoms with Gasteiger partial charge in [-0.05, 0) is 50.2 Å². The number of thioether (sulfide) groups is 1. The average molecular weight is 500 g/mol. The Bertz CT molecular complexity index is 951. The van der Waals surface area contributed by atoms with E-state index in [1.165, 1.54) is 17.4 Å². The number of anilines is 1. The Morgan fingerprint density at radius 3 is 2.76 bits per heavy atom. The lowest BCUT2D eigenvalue weighted by Crippen LogP contribution is -2.45. The van der Waals surface area contributed by atoms with E-state index in [-0.39, 0.29) is 30.2 Å². The number of carbonyl (C=O) groups excluding carboxylic acids is 1. The van der Waals surface area contributed by atoms with E-state index in [9.17, 15) is 18.4 Å². The number of nitrogens with one attached hydrogen (secondary N) is 1. The van der Waals surface area contributed by atoms with Crippen molar-refractivity contribution in [3.05, 3.63) is 36.0 Å². The maximum atomic E-state index is 13.8. The maximum Gasteiger partial charge on any atom is 0.323 e. The van der Waals surface area contributed by atoms with Gasteiger partial charge >= 0.3 is 12.0 Å². The number of halogens is 2. The fourth-order valence-corrected chi connectivity index (χ4v) is 5.28. The largest absolute Gasteiger partial charge is 0.490 e. The summed E-state index contributed by atoms with van der Waals surface area (Å²) in [6.07, 6.45) is 5.91. The third-order valence-corrected chi connectivity index (χ3v) is 7.51. The van der Waals surface area contributed by atoms with E-state index >= 15 is 0 Å². The highest BCUT2D eigenvalue weighted by Crippen LogP contribution is 2.30. The molecule has 1 aromatic heterocycles. The summed E-state index contributed by atoms with van der Waals surface area (Å²) < 4.78 is 32.9. The SMILES string of the molecule is CC1CCC(N(CCCOc2ccc(F)cc2F)C(=O)Nc2ncc(SCC(=O)O)s2)CC1. The molecular weight excluding hydrogens is 472 g/mol. The van der Waals surface area contributed by atoms with Crippen LogP contribution in [0.2, 0.25) is 0 Å². The van der Waals surface area contributed by atoms with Gasteiger partial charge in [-0.1, -0.05) is 18.3 Å². The lowest BCUT2D eigenvalue weighted by Gasteiger charge is -2.36. The van der Waals surface area contributed by atoms with Gasteiger partial charge in [0.15, 0.2) is 16.7 Å². The minimum atomic E-state index is -0.917. The molecule has 0 radical (unpaired) electrons. The highest BCUT2D eigenvalue weighted by molar-refractivity contribution is 8.01. The molecule has 0 spiro atoms. The molecule has 1 aliphatic rings. The second-order valence-electron chi connectivity index (χ2n) is 7.98. The molecule has 11 heteroatoms. The van der Waals surface area contributed by atoms with E-state index in [4.69, 9.17) is 9.84 Å². The van der Waals surface area contributed by atoms with E-state index in [2.05, 4.69) is 17.2 Å². The Labute approximate surface area is 199 Å². The van der Waals surface area contributed by atoms with Crippen LogP contribution in [0.1, 0.15) is 39.0 Å². The van der Waals surface area contributed by atoms with Crippen molar-refractivity contribution in [2.24, 2.45) is 5.92 Å². The zero-order valence-corrected chi connectivity index (χ0v) is 19.9. The first-order valence-electron chi connectivity index (χ1n) is 10.8. The molecule has 2 aromatic rings. The predicted molar refractivity (Wildman–Crippen MR) is 124 cm³/mol. The summed E-state index contributed by atoms with van der Waals surface area (Å²) in [5.74, 6) is -1.81. The molecule has 1 aromatic carbocycles. The van der Waals surface area contributed by atoms with Gasteiger partial charge in [-0.2, -0.15) is 0 Å². The molecule has 0 bridgehead atoms. The molecule has 33 heavy (non-hydrogen) atoms. The quantitative estimate of drug-likeness (QED) is 0.332. The van der Waals surface area contributed by atoms with Crippen LogP contribution in [-0.4, -0.2) is 51.9 Å². The molecule has 0 saturated heterocycles. The van der Waals surface area contributed by atoms with E-state index in [1.807, 2.05) is 0 Å². The Morgan fingerprint density at radius 2 is 2.06 bits per heavy atom. The van der Waals surface area contributed by atoms with Crippen molar-refractivity contribution in [2.75, 3.05) is 24.2 Å². The molecular formula is C22H27F2N3O4S2. The minimum Gasteiger partial charge on any atom is -0.490 e. The minimum absolute atomic E-state index is 0.0203. The maximum absolute atomic E-state index is 13.8. The highest BCUT2D eigenvalue weighted by Gasteiger charge is 2.28.